The van der Waals surface area contributed by atoms with E-state index in [9.17, 15) is 4.79 Å². The fourth-order valence-electron chi connectivity index (χ4n) is 8.28. The molecule has 0 N–H and O–H groups in total. The van der Waals surface area contributed by atoms with Crippen molar-refractivity contribution >= 4 is 5.97 Å². The zero-order valence-corrected chi connectivity index (χ0v) is 19.1. The highest BCUT2D eigenvalue weighted by Crippen LogP contribution is 2.77. The summed E-state index contributed by atoms with van der Waals surface area (Å²) in [5.74, 6) is 1.33. The fourth-order valence-corrected chi connectivity index (χ4v) is 8.28. The number of carbonyl (C=O) groups excluding carboxylic acids is 1. The van der Waals surface area contributed by atoms with E-state index in [-0.39, 0.29) is 23.4 Å². The molecule has 3 heterocycles. The van der Waals surface area contributed by atoms with E-state index in [4.69, 9.17) is 19.2 Å². The lowest BCUT2D eigenvalue weighted by atomic mass is 9.53. The van der Waals surface area contributed by atoms with Crippen molar-refractivity contribution in [3.63, 3.8) is 0 Å². The van der Waals surface area contributed by atoms with Crippen LogP contribution in [0.1, 0.15) is 50.6 Å². The van der Waals surface area contributed by atoms with Gasteiger partial charge in [-0.15, -0.1) is 0 Å². The van der Waals surface area contributed by atoms with Crippen molar-refractivity contribution in [1.82, 2.24) is 4.98 Å². The van der Waals surface area contributed by atoms with E-state index in [1.54, 1.807) is 0 Å². The first kappa shape index (κ1) is 20.2. The summed E-state index contributed by atoms with van der Waals surface area (Å²) in [6.07, 6.45) is 7.02. The largest absolute Gasteiger partial charge is 0.462 e. The number of ether oxygens (including phenoxy) is 3. The van der Waals surface area contributed by atoms with Crippen LogP contribution in [0.15, 0.2) is 48.7 Å². The summed E-state index contributed by atoms with van der Waals surface area (Å²) in [6, 6.07) is 14.8. The molecule has 1 aromatic heterocycles. The smallest absolute Gasteiger partial charge is 0.309 e. The van der Waals surface area contributed by atoms with Gasteiger partial charge in [-0.05, 0) is 55.1 Å². The van der Waals surface area contributed by atoms with Crippen LogP contribution in [0.5, 0.6) is 0 Å². The number of esters is 1. The summed E-state index contributed by atoms with van der Waals surface area (Å²) in [4.78, 5) is 17.8. The van der Waals surface area contributed by atoms with E-state index in [1.807, 2.05) is 12.3 Å². The van der Waals surface area contributed by atoms with E-state index in [0.29, 0.717) is 36.9 Å². The molecule has 0 bridgehead atoms. The minimum atomic E-state index is -0.413. The lowest BCUT2D eigenvalue weighted by Crippen LogP contribution is -2.51. The highest BCUT2D eigenvalue weighted by Gasteiger charge is 2.73. The van der Waals surface area contributed by atoms with E-state index in [1.165, 1.54) is 11.3 Å². The van der Waals surface area contributed by atoms with Crippen LogP contribution in [0, 0.1) is 29.1 Å². The van der Waals surface area contributed by atoms with Gasteiger partial charge in [-0.3, -0.25) is 9.78 Å². The van der Waals surface area contributed by atoms with Crippen LogP contribution in [0.25, 0.3) is 11.1 Å². The molecule has 5 aliphatic rings. The Morgan fingerprint density at radius 1 is 1.00 bits per heavy atom. The Kier molecular flexibility index (Phi) is 4.36. The number of aromatic nitrogens is 1. The number of carbonyl (C=O) groups is 1. The van der Waals surface area contributed by atoms with Gasteiger partial charge in [0.25, 0.3) is 0 Å². The van der Waals surface area contributed by atoms with Crippen LogP contribution in [0.4, 0.5) is 0 Å². The van der Waals surface area contributed by atoms with Gasteiger partial charge in [-0.2, -0.15) is 0 Å². The van der Waals surface area contributed by atoms with Gasteiger partial charge in [0.1, 0.15) is 6.10 Å². The predicted molar refractivity (Wildman–Crippen MR) is 122 cm³/mol. The van der Waals surface area contributed by atoms with Gasteiger partial charge in [0, 0.05) is 42.1 Å². The van der Waals surface area contributed by atoms with Crippen LogP contribution in [0.2, 0.25) is 0 Å². The molecule has 3 aliphatic carbocycles. The van der Waals surface area contributed by atoms with Gasteiger partial charge < -0.3 is 14.2 Å². The molecule has 2 saturated heterocycles. The summed E-state index contributed by atoms with van der Waals surface area (Å²) in [6.45, 7) is 3.49. The normalized spacial score (nSPS) is 40.5. The molecule has 7 unspecified atom stereocenters. The number of pyridine rings is 1. The molecule has 33 heavy (non-hydrogen) atoms. The summed E-state index contributed by atoms with van der Waals surface area (Å²) in [5.41, 5.74) is 3.63. The minimum Gasteiger partial charge on any atom is -0.462 e. The Labute approximate surface area is 194 Å². The molecule has 3 saturated carbocycles. The van der Waals surface area contributed by atoms with Crippen molar-refractivity contribution in [2.75, 3.05) is 13.2 Å². The molecule has 7 rings (SSSR count). The second-order valence-corrected chi connectivity index (χ2v) is 10.9. The highest BCUT2D eigenvalue weighted by atomic mass is 16.7. The number of hydrogen-bond donors (Lipinski definition) is 0. The monoisotopic (exact) mass is 445 g/mol. The number of hydrogen-bond acceptors (Lipinski definition) is 5. The maximum absolute atomic E-state index is 12.9. The lowest BCUT2D eigenvalue weighted by Gasteiger charge is -2.51. The average molecular weight is 446 g/mol. The number of benzene rings is 1. The number of fused-ring (bicyclic) bond motifs is 4. The Bertz CT molecular complexity index is 1060. The third kappa shape index (κ3) is 2.91. The summed E-state index contributed by atoms with van der Waals surface area (Å²) >= 11 is 0. The molecule has 0 radical (unpaired) electrons. The molecular weight excluding hydrogens is 414 g/mol. The van der Waals surface area contributed by atoms with Crippen molar-refractivity contribution in [3.05, 3.63) is 54.4 Å². The van der Waals surface area contributed by atoms with Crippen LogP contribution in [0.3, 0.4) is 0 Å². The van der Waals surface area contributed by atoms with Crippen molar-refractivity contribution in [2.24, 2.45) is 29.1 Å². The predicted octanol–water partition coefficient (Wildman–Crippen LogP) is 4.96. The van der Waals surface area contributed by atoms with Gasteiger partial charge in [0.05, 0.1) is 19.1 Å². The van der Waals surface area contributed by atoms with Gasteiger partial charge in [-0.25, -0.2) is 0 Å². The van der Waals surface area contributed by atoms with E-state index < -0.39 is 5.79 Å². The Morgan fingerprint density at radius 2 is 1.82 bits per heavy atom. The Morgan fingerprint density at radius 3 is 2.58 bits per heavy atom. The van der Waals surface area contributed by atoms with Crippen molar-refractivity contribution in [1.29, 1.82) is 0 Å². The van der Waals surface area contributed by atoms with Crippen LogP contribution in [-0.2, 0) is 19.0 Å². The maximum atomic E-state index is 12.9. The lowest BCUT2D eigenvalue weighted by molar-refractivity contribution is -0.209. The first-order chi connectivity index (χ1) is 16.1. The van der Waals surface area contributed by atoms with Crippen molar-refractivity contribution < 1.29 is 19.0 Å². The second-order valence-electron chi connectivity index (χ2n) is 10.9. The van der Waals surface area contributed by atoms with Crippen LogP contribution in [-0.4, -0.2) is 36.1 Å². The van der Waals surface area contributed by atoms with Crippen LogP contribution < -0.4 is 0 Å². The average Bonchev–Trinajstić information content (AvgIpc) is 3.26. The third-order valence-electron chi connectivity index (χ3n) is 9.50. The van der Waals surface area contributed by atoms with E-state index in [2.05, 4.69) is 43.3 Å². The first-order valence-corrected chi connectivity index (χ1v) is 12.6. The van der Waals surface area contributed by atoms with Gasteiger partial charge in [-0.1, -0.05) is 36.4 Å². The molecule has 5 fully saturated rings. The van der Waals surface area contributed by atoms with Crippen molar-refractivity contribution in [3.8, 4) is 11.1 Å². The molecular formula is C28H31NO4. The topological polar surface area (TPSA) is 57.7 Å². The zero-order valence-electron chi connectivity index (χ0n) is 19.1. The van der Waals surface area contributed by atoms with E-state index >= 15 is 0 Å². The summed E-state index contributed by atoms with van der Waals surface area (Å²) < 4.78 is 18.0. The number of cyclic esters (lactones) is 1. The van der Waals surface area contributed by atoms with Crippen LogP contribution >= 0.6 is 0 Å². The molecule has 2 spiro atoms. The molecule has 2 aromatic rings. The van der Waals surface area contributed by atoms with Gasteiger partial charge in [0.2, 0.25) is 0 Å². The molecule has 1 aromatic carbocycles. The Balaban J connectivity index is 1.22. The maximum Gasteiger partial charge on any atom is 0.309 e. The minimum absolute atomic E-state index is 0.00592. The van der Waals surface area contributed by atoms with Crippen molar-refractivity contribution in [2.45, 2.75) is 56.8 Å². The van der Waals surface area contributed by atoms with E-state index in [0.717, 1.165) is 37.7 Å². The molecule has 2 aliphatic heterocycles. The summed E-state index contributed by atoms with van der Waals surface area (Å²) in [7, 11) is 0. The number of rotatable bonds is 2. The summed E-state index contributed by atoms with van der Waals surface area (Å²) in [5, 5.41) is 0. The first-order valence-electron chi connectivity index (χ1n) is 12.6. The molecule has 5 heteroatoms. The standard InChI is InChI=1S/C28H31NO4/c1-17-25-21(26(30)33-17)13-20-14-27(31-11-12-32-27)10-9-22(20)28(25)15-23(28)24-8-7-19(16-29-24)18-5-3-2-4-6-18/h2-8,16-17,20-23,25H,9-15H2,1H3. The molecule has 5 nitrogen and oxygen atoms in total. The van der Waals surface area contributed by atoms with Gasteiger partial charge in [0.15, 0.2) is 5.79 Å². The second kappa shape index (κ2) is 7.13. The van der Waals surface area contributed by atoms with Gasteiger partial charge >= 0.3 is 5.97 Å². The SMILES string of the molecule is CC1OC(=O)C2CC3CC4(CCC3C3(CC3c3ccc(-c5ccccc5)cn3)C12)OCCO4. The molecule has 7 atom stereocenters. The zero-order chi connectivity index (χ0) is 22.2. The molecule has 0 amide bonds. The molecule has 172 valence electrons. The Hall–Kier alpha value is -2.24. The highest BCUT2D eigenvalue weighted by molar-refractivity contribution is 5.76. The quantitative estimate of drug-likeness (QED) is 0.612. The number of nitrogens with zero attached hydrogens (tertiary/aromatic N) is 1. The third-order valence-corrected chi connectivity index (χ3v) is 9.50. The fraction of sp³-hybridized carbons (Fsp3) is 0.571.